The van der Waals surface area contributed by atoms with Crippen LogP contribution in [0.1, 0.15) is 11.1 Å². The molecule has 3 heterocycles. The lowest BCUT2D eigenvalue weighted by atomic mass is 9.96. The number of hydrogen-bond acceptors (Lipinski definition) is 4. The van der Waals surface area contributed by atoms with Crippen LogP contribution in [-0.4, -0.2) is 19.5 Å². The molecule has 0 aliphatic rings. The molecule has 64 heavy (non-hydrogen) atoms. The standard InChI is InChI=1S/C59H40N4O/c1-37-20-24-39(25-21-37)43-28-31-47-48-32-29-44(40-26-22-38(2)23-27-40)36-53(48)63(52(47)35-43)51-33-30-45(46-17-11-19-55-56(46)49-16-9-10-18-54(49)64-55)34-50(51)59-61-57(41-12-5-3-6-13-41)60-58(62-59)42-14-7-4-8-15-42/h3-36H,1-2H3. The van der Waals surface area contributed by atoms with Crippen LogP contribution in [0.25, 0.3) is 117 Å². The minimum atomic E-state index is 0.577. The van der Waals surface area contributed by atoms with Crippen molar-refractivity contribution in [1.29, 1.82) is 0 Å². The quantitative estimate of drug-likeness (QED) is 0.161. The Morgan fingerprint density at radius 3 is 1.44 bits per heavy atom. The maximum Gasteiger partial charge on any atom is 0.166 e. The van der Waals surface area contributed by atoms with Crippen LogP contribution in [0.5, 0.6) is 0 Å². The molecular formula is C59H40N4O. The van der Waals surface area contributed by atoms with Gasteiger partial charge in [0.25, 0.3) is 0 Å². The summed E-state index contributed by atoms with van der Waals surface area (Å²) in [6.45, 7) is 4.26. The lowest BCUT2D eigenvalue weighted by Gasteiger charge is -2.17. The summed E-state index contributed by atoms with van der Waals surface area (Å²) in [6.07, 6.45) is 0. The van der Waals surface area contributed by atoms with E-state index in [1.807, 2.05) is 54.6 Å². The number of furan rings is 1. The van der Waals surface area contributed by atoms with Gasteiger partial charge < -0.3 is 8.98 Å². The molecule has 3 aromatic heterocycles. The van der Waals surface area contributed by atoms with E-state index < -0.39 is 0 Å². The maximum atomic E-state index is 6.41. The Balaban J connectivity index is 1.19. The second kappa shape index (κ2) is 15.2. The lowest BCUT2D eigenvalue weighted by Crippen LogP contribution is -2.04. The highest BCUT2D eigenvalue weighted by molar-refractivity contribution is 6.14. The van der Waals surface area contributed by atoms with Crippen LogP contribution in [0, 0.1) is 13.8 Å². The third kappa shape index (κ3) is 6.45. The normalized spacial score (nSPS) is 11.6. The Kier molecular flexibility index (Phi) is 8.87. The molecule has 0 saturated carbocycles. The van der Waals surface area contributed by atoms with E-state index >= 15 is 0 Å². The van der Waals surface area contributed by atoms with E-state index in [1.165, 1.54) is 11.1 Å². The van der Waals surface area contributed by atoms with Crippen molar-refractivity contribution >= 4 is 43.7 Å². The van der Waals surface area contributed by atoms with E-state index in [0.29, 0.717) is 17.5 Å². The molecule has 0 bridgehead atoms. The van der Waals surface area contributed by atoms with Crippen molar-refractivity contribution in [2.45, 2.75) is 13.8 Å². The van der Waals surface area contributed by atoms with Crippen molar-refractivity contribution in [3.05, 3.63) is 217 Å². The molecule has 5 nitrogen and oxygen atoms in total. The molecular weight excluding hydrogens is 781 g/mol. The van der Waals surface area contributed by atoms with E-state index in [-0.39, 0.29) is 0 Å². The topological polar surface area (TPSA) is 56.7 Å². The number of hydrogen-bond donors (Lipinski definition) is 0. The molecule has 0 unspecified atom stereocenters. The van der Waals surface area contributed by atoms with Crippen LogP contribution >= 0.6 is 0 Å². The van der Waals surface area contributed by atoms with Gasteiger partial charge in [0.1, 0.15) is 11.2 Å². The molecule has 12 aromatic rings. The summed E-state index contributed by atoms with van der Waals surface area (Å²) >= 11 is 0. The molecule has 12 rings (SSSR count). The number of para-hydroxylation sites is 1. The summed E-state index contributed by atoms with van der Waals surface area (Å²) < 4.78 is 8.83. The van der Waals surface area contributed by atoms with Crippen molar-refractivity contribution in [3.8, 4) is 73.2 Å². The molecule has 0 N–H and O–H groups in total. The van der Waals surface area contributed by atoms with Crippen LogP contribution in [-0.2, 0) is 0 Å². The summed E-state index contributed by atoms with van der Waals surface area (Å²) in [4.78, 5) is 15.8. The Bertz CT molecular complexity index is 3560. The second-order valence-electron chi connectivity index (χ2n) is 16.6. The molecule has 5 heteroatoms. The van der Waals surface area contributed by atoms with Gasteiger partial charge in [-0.2, -0.15) is 0 Å². The van der Waals surface area contributed by atoms with Crippen LogP contribution in [0.15, 0.2) is 211 Å². The van der Waals surface area contributed by atoms with Gasteiger partial charge in [0.05, 0.1) is 16.7 Å². The first kappa shape index (κ1) is 37.4. The number of aromatic nitrogens is 4. The summed E-state index contributed by atoms with van der Waals surface area (Å²) in [6, 6.07) is 72.9. The lowest BCUT2D eigenvalue weighted by molar-refractivity contribution is 0.669. The van der Waals surface area contributed by atoms with Gasteiger partial charge >= 0.3 is 0 Å². The van der Waals surface area contributed by atoms with E-state index in [4.69, 9.17) is 19.4 Å². The first-order valence-corrected chi connectivity index (χ1v) is 21.7. The molecule has 0 amide bonds. The fourth-order valence-corrected chi connectivity index (χ4v) is 9.15. The number of fused-ring (bicyclic) bond motifs is 6. The van der Waals surface area contributed by atoms with Crippen molar-refractivity contribution in [3.63, 3.8) is 0 Å². The Morgan fingerprint density at radius 2 is 0.844 bits per heavy atom. The summed E-state index contributed by atoms with van der Waals surface area (Å²) in [7, 11) is 0. The highest BCUT2D eigenvalue weighted by Crippen LogP contribution is 2.43. The molecule has 0 aliphatic carbocycles. The van der Waals surface area contributed by atoms with Gasteiger partial charge in [0.2, 0.25) is 0 Å². The van der Waals surface area contributed by atoms with Crippen LogP contribution in [0.3, 0.4) is 0 Å². The Morgan fingerprint density at radius 1 is 0.344 bits per heavy atom. The largest absolute Gasteiger partial charge is 0.456 e. The van der Waals surface area contributed by atoms with Gasteiger partial charge in [-0.1, -0.05) is 181 Å². The average molecular weight is 821 g/mol. The SMILES string of the molecule is Cc1ccc(-c2ccc3c4ccc(-c5ccc(C)cc5)cc4n(-c4ccc(-c5cccc6oc7ccccc7c56)cc4-c4nc(-c5ccccc5)nc(-c5ccccc5)n4)c3c2)cc1. The molecule has 0 radical (unpaired) electrons. The van der Waals surface area contributed by atoms with Gasteiger partial charge in [-0.15, -0.1) is 0 Å². The molecule has 0 atom stereocenters. The first-order chi connectivity index (χ1) is 31.5. The predicted octanol–water partition coefficient (Wildman–Crippen LogP) is 15.5. The van der Waals surface area contributed by atoms with Crippen LogP contribution in [0.4, 0.5) is 0 Å². The fraction of sp³-hybridized carbons (Fsp3) is 0.0339. The third-order valence-corrected chi connectivity index (χ3v) is 12.4. The molecule has 0 spiro atoms. The monoisotopic (exact) mass is 820 g/mol. The Labute approximate surface area is 370 Å². The predicted molar refractivity (Wildman–Crippen MR) is 264 cm³/mol. The van der Waals surface area contributed by atoms with Crippen LogP contribution < -0.4 is 0 Å². The molecule has 302 valence electrons. The maximum absolute atomic E-state index is 6.41. The average Bonchev–Trinajstić information content (AvgIpc) is 3.90. The van der Waals surface area contributed by atoms with Crippen LogP contribution in [0.2, 0.25) is 0 Å². The van der Waals surface area contributed by atoms with Gasteiger partial charge in [0, 0.05) is 38.2 Å². The molecule has 0 aliphatic heterocycles. The Hall–Kier alpha value is -8.41. The van der Waals surface area contributed by atoms with Crippen molar-refractivity contribution in [1.82, 2.24) is 19.5 Å². The first-order valence-electron chi connectivity index (χ1n) is 21.7. The van der Waals surface area contributed by atoms with E-state index in [9.17, 15) is 0 Å². The van der Waals surface area contributed by atoms with E-state index in [2.05, 4.69) is 170 Å². The fourth-order valence-electron chi connectivity index (χ4n) is 9.15. The third-order valence-electron chi connectivity index (χ3n) is 12.4. The minimum Gasteiger partial charge on any atom is -0.456 e. The smallest absolute Gasteiger partial charge is 0.166 e. The van der Waals surface area contributed by atoms with E-state index in [0.717, 1.165) is 99.5 Å². The zero-order chi connectivity index (χ0) is 42.7. The van der Waals surface area contributed by atoms with E-state index in [1.54, 1.807) is 0 Å². The number of rotatable bonds is 7. The minimum absolute atomic E-state index is 0.577. The molecule has 9 aromatic carbocycles. The number of aryl methyl sites for hydroxylation is 2. The second-order valence-corrected chi connectivity index (χ2v) is 16.6. The van der Waals surface area contributed by atoms with Crippen molar-refractivity contribution in [2.24, 2.45) is 0 Å². The number of nitrogens with zero attached hydrogens (tertiary/aromatic N) is 4. The molecule has 0 fully saturated rings. The summed E-state index contributed by atoms with van der Waals surface area (Å²) in [5.74, 6) is 1.79. The summed E-state index contributed by atoms with van der Waals surface area (Å²) in [5.41, 5.74) is 16.7. The molecule has 0 saturated heterocycles. The van der Waals surface area contributed by atoms with Gasteiger partial charge in [0.15, 0.2) is 17.5 Å². The van der Waals surface area contributed by atoms with Crippen molar-refractivity contribution < 1.29 is 4.42 Å². The van der Waals surface area contributed by atoms with Crippen molar-refractivity contribution in [2.75, 3.05) is 0 Å². The highest BCUT2D eigenvalue weighted by atomic mass is 16.3. The van der Waals surface area contributed by atoms with Gasteiger partial charge in [-0.05, 0) is 83.6 Å². The summed E-state index contributed by atoms with van der Waals surface area (Å²) in [5, 5.41) is 4.48. The number of benzene rings is 9. The zero-order valence-corrected chi connectivity index (χ0v) is 35.3. The zero-order valence-electron chi connectivity index (χ0n) is 35.3. The highest BCUT2D eigenvalue weighted by Gasteiger charge is 2.22. The van der Waals surface area contributed by atoms with Gasteiger partial charge in [-0.3, -0.25) is 0 Å². The van der Waals surface area contributed by atoms with Gasteiger partial charge in [-0.25, -0.2) is 15.0 Å².